The van der Waals surface area contributed by atoms with Gasteiger partial charge in [0.2, 0.25) is 0 Å². The number of unbranched alkanes of at least 4 members (excludes halogenated alkanes) is 2. The first-order chi connectivity index (χ1) is 18.2. The first kappa shape index (κ1) is 25.1. The topological polar surface area (TPSA) is 74.0 Å². The van der Waals surface area contributed by atoms with Gasteiger partial charge in [0.05, 0.1) is 18.0 Å². The number of hydrogen-bond donors (Lipinski definition) is 1. The molecular formula is C30H35N5O2. The number of anilines is 1. The van der Waals surface area contributed by atoms with Crippen molar-refractivity contribution in [2.24, 2.45) is 0 Å². The number of hydrogen-bond acceptors (Lipinski definition) is 6. The molecule has 5 rings (SSSR count). The minimum absolute atomic E-state index is 0.188. The van der Waals surface area contributed by atoms with E-state index in [1.165, 1.54) is 5.56 Å². The van der Waals surface area contributed by atoms with Crippen LogP contribution in [0.3, 0.4) is 0 Å². The number of carbonyl (C=O) groups excluding carboxylic acids is 1. The number of carbonyl (C=O) groups is 1. The van der Waals surface area contributed by atoms with Gasteiger partial charge in [-0.2, -0.15) is 9.61 Å². The number of aldehydes is 1. The molecule has 0 radical (unpaired) electrons. The molecule has 1 N–H and O–H groups in total. The van der Waals surface area contributed by atoms with Crippen LogP contribution in [0, 0.1) is 6.92 Å². The second-order valence-electron chi connectivity index (χ2n) is 9.73. The zero-order valence-corrected chi connectivity index (χ0v) is 21.5. The normalized spacial score (nSPS) is 14.4. The Labute approximate surface area is 218 Å². The lowest BCUT2D eigenvalue weighted by atomic mass is 10.0. The predicted octanol–water partition coefficient (Wildman–Crippen LogP) is 4.40. The van der Waals surface area contributed by atoms with Crippen molar-refractivity contribution in [2.45, 2.75) is 32.6 Å². The lowest BCUT2D eigenvalue weighted by Gasteiger charge is -2.35. The van der Waals surface area contributed by atoms with Crippen molar-refractivity contribution >= 4 is 17.8 Å². The summed E-state index contributed by atoms with van der Waals surface area (Å²) in [4.78, 5) is 20.5. The minimum atomic E-state index is 0.188. The van der Waals surface area contributed by atoms with Gasteiger partial charge in [0, 0.05) is 56.3 Å². The zero-order valence-electron chi connectivity index (χ0n) is 21.5. The maximum Gasteiger partial charge on any atom is 0.166 e. The van der Waals surface area contributed by atoms with E-state index in [-0.39, 0.29) is 6.61 Å². The predicted molar refractivity (Wildman–Crippen MR) is 148 cm³/mol. The molecule has 2 aromatic carbocycles. The van der Waals surface area contributed by atoms with Crippen molar-refractivity contribution in [2.75, 3.05) is 44.2 Å². The lowest BCUT2D eigenvalue weighted by molar-refractivity contribution is -0.107. The summed E-state index contributed by atoms with van der Waals surface area (Å²) in [6, 6.07) is 21.2. The molecule has 0 aliphatic carbocycles. The molecule has 192 valence electrons. The van der Waals surface area contributed by atoms with E-state index < -0.39 is 0 Å². The van der Waals surface area contributed by atoms with E-state index in [1.54, 1.807) is 0 Å². The third kappa shape index (κ3) is 5.58. The number of aryl methyl sites for hydroxylation is 2. The highest BCUT2D eigenvalue weighted by molar-refractivity contribution is 5.83. The average Bonchev–Trinajstić information content (AvgIpc) is 3.27. The number of aliphatic hydroxyl groups excluding tert-OH is 1. The summed E-state index contributed by atoms with van der Waals surface area (Å²) >= 11 is 0. The number of aliphatic hydroxyl groups is 1. The molecular weight excluding hydrogens is 462 g/mol. The Morgan fingerprint density at radius 3 is 2.49 bits per heavy atom. The van der Waals surface area contributed by atoms with Gasteiger partial charge >= 0.3 is 0 Å². The summed E-state index contributed by atoms with van der Waals surface area (Å²) < 4.78 is 2.01. The zero-order chi connectivity index (χ0) is 25.6. The van der Waals surface area contributed by atoms with Crippen molar-refractivity contribution in [3.05, 3.63) is 71.9 Å². The van der Waals surface area contributed by atoms with Crippen LogP contribution in [0.2, 0.25) is 0 Å². The van der Waals surface area contributed by atoms with Gasteiger partial charge in [-0.1, -0.05) is 48.5 Å². The second-order valence-corrected chi connectivity index (χ2v) is 9.73. The summed E-state index contributed by atoms with van der Waals surface area (Å²) in [6.07, 6.45) is 4.48. The second kappa shape index (κ2) is 11.7. The van der Waals surface area contributed by atoms with Gasteiger partial charge in [0.15, 0.2) is 5.65 Å². The van der Waals surface area contributed by atoms with Crippen LogP contribution in [0.4, 0.5) is 5.82 Å². The van der Waals surface area contributed by atoms with E-state index in [0.717, 1.165) is 91.3 Å². The molecule has 0 saturated carbocycles. The highest BCUT2D eigenvalue weighted by atomic mass is 16.3. The fraction of sp³-hybridized carbons (Fsp3) is 0.367. The van der Waals surface area contributed by atoms with Gasteiger partial charge in [0.25, 0.3) is 0 Å². The number of fused-ring (bicyclic) bond motifs is 1. The average molecular weight is 498 g/mol. The molecule has 1 aliphatic heterocycles. The Balaban J connectivity index is 1.57. The van der Waals surface area contributed by atoms with Gasteiger partial charge < -0.3 is 14.8 Å². The Morgan fingerprint density at radius 2 is 1.73 bits per heavy atom. The van der Waals surface area contributed by atoms with Gasteiger partial charge in [-0.25, -0.2) is 4.98 Å². The summed E-state index contributed by atoms with van der Waals surface area (Å²) in [5.41, 5.74) is 7.29. The maximum absolute atomic E-state index is 10.7. The van der Waals surface area contributed by atoms with Crippen LogP contribution in [0.1, 0.15) is 30.5 Å². The van der Waals surface area contributed by atoms with Crippen LogP contribution in [0.25, 0.3) is 28.0 Å². The molecule has 0 spiro atoms. The molecule has 1 aliphatic rings. The molecule has 7 nitrogen and oxygen atoms in total. The molecule has 3 heterocycles. The van der Waals surface area contributed by atoms with Crippen molar-refractivity contribution in [3.63, 3.8) is 0 Å². The molecule has 0 bridgehead atoms. The van der Waals surface area contributed by atoms with Crippen LogP contribution >= 0.6 is 0 Å². The van der Waals surface area contributed by atoms with E-state index in [9.17, 15) is 9.90 Å². The summed E-state index contributed by atoms with van der Waals surface area (Å²) in [5.74, 6) is 1.05. The largest absolute Gasteiger partial charge is 0.395 e. The van der Waals surface area contributed by atoms with E-state index >= 15 is 0 Å². The number of β-amino-alcohol motifs (C(OH)–C–C–N with tert-alkyl or cyclic N) is 1. The standard InChI is InChI=1S/C30H35N5O2/c1-23-29(25-11-5-2-6-12-25)30-31-27(26-13-8-10-24(21-26)9-4-3-7-19-36)22-28(35(30)32-23)34-16-14-33(15-17-34)18-20-37/h2,5-6,8,10-13,19,21-22,37H,3-4,7,9,14-18,20H2,1H3. The van der Waals surface area contributed by atoms with Gasteiger partial charge in [-0.3, -0.25) is 4.90 Å². The van der Waals surface area contributed by atoms with Gasteiger partial charge in [0.1, 0.15) is 12.1 Å². The van der Waals surface area contributed by atoms with Crippen molar-refractivity contribution in [3.8, 4) is 22.4 Å². The van der Waals surface area contributed by atoms with Crippen LogP contribution in [-0.2, 0) is 11.2 Å². The molecule has 0 amide bonds. The number of piperazine rings is 1. The smallest absolute Gasteiger partial charge is 0.166 e. The Morgan fingerprint density at radius 1 is 0.946 bits per heavy atom. The van der Waals surface area contributed by atoms with E-state index in [2.05, 4.69) is 71.3 Å². The van der Waals surface area contributed by atoms with E-state index in [4.69, 9.17) is 10.1 Å². The molecule has 0 atom stereocenters. The molecule has 2 aromatic heterocycles. The first-order valence-electron chi connectivity index (χ1n) is 13.2. The summed E-state index contributed by atoms with van der Waals surface area (Å²) in [5, 5.41) is 14.3. The molecule has 1 saturated heterocycles. The fourth-order valence-corrected chi connectivity index (χ4v) is 5.21. The van der Waals surface area contributed by atoms with Gasteiger partial charge in [-0.15, -0.1) is 0 Å². The lowest BCUT2D eigenvalue weighted by Crippen LogP contribution is -2.47. The Kier molecular flexibility index (Phi) is 7.92. The fourth-order valence-electron chi connectivity index (χ4n) is 5.21. The monoisotopic (exact) mass is 497 g/mol. The van der Waals surface area contributed by atoms with E-state index in [0.29, 0.717) is 13.0 Å². The SMILES string of the molecule is Cc1nn2c(N3CCN(CCO)CC3)cc(-c3cccc(CCCCC=O)c3)nc2c1-c1ccccc1. The van der Waals surface area contributed by atoms with Crippen LogP contribution in [-0.4, -0.2) is 70.2 Å². The molecule has 4 aromatic rings. The van der Waals surface area contributed by atoms with Crippen LogP contribution < -0.4 is 4.90 Å². The van der Waals surface area contributed by atoms with E-state index in [1.807, 2.05) is 10.6 Å². The third-order valence-corrected chi connectivity index (χ3v) is 7.18. The third-order valence-electron chi connectivity index (χ3n) is 7.18. The summed E-state index contributed by atoms with van der Waals surface area (Å²) in [7, 11) is 0. The Hall–Kier alpha value is -3.55. The maximum atomic E-state index is 10.7. The number of nitrogens with zero attached hydrogens (tertiary/aromatic N) is 5. The quantitative estimate of drug-likeness (QED) is 0.259. The van der Waals surface area contributed by atoms with Gasteiger partial charge in [-0.05, 0) is 43.4 Å². The molecule has 1 fully saturated rings. The Bertz CT molecular complexity index is 1340. The minimum Gasteiger partial charge on any atom is -0.395 e. The number of benzene rings is 2. The highest BCUT2D eigenvalue weighted by Crippen LogP contribution is 2.33. The van der Waals surface area contributed by atoms with Crippen molar-refractivity contribution in [1.29, 1.82) is 0 Å². The summed E-state index contributed by atoms with van der Waals surface area (Å²) in [6.45, 7) is 6.50. The van der Waals surface area contributed by atoms with Crippen molar-refractivity contribution < 1.29 is 9.90 Å². The number of rotatable bonds is 10. The first-order valence-corrected chi connectivity index (χ1v) is 13.2. The highest BCUT2D eigenvalue weighted by Gasteiger charge is 2.23. The van der Waals surface area contributed by atoms with Crippen LogP contribution in [0.5, 0.6) is 0 Å². The molecule has 37 heavy (non-hydrogen) atoms. The van der Waals surface area contributed by atoms with Crippen LogP contribution in [0.15, 0.2) is 60.7 Å². The number of aromatic nitrogens is 3. The molecule has 7 heteroatoms. The van der Waals surface area contributed by atoms with Crippen molar-refractivity contribution in [1.82, 2.24) is 19.5 Å². The molecule has 0 unspecified atom stereocenters.